The molecule has 4 N–H and O–H groups in total. The van der Waals surface area contributed by atoms with Crippen LogP contribution in [0.4, 0.5) is 0 Å². The highest BCUT2D eigenvalue weighted by molar-refractivity contribution is 7.80. The lowest BCUT2D eigenvalue weighted by Gasteiger charge is -1.78. The topological polar surface area (TPSA) is 52.0 Å². The molecule has 0 atom stereocenters. The van der Waals surface area contributed by atoms with Crippen molar-refractivity contribution in [2.24, 2.45) is 11.5 Å². The van der Waals surface area contributed by atoms with Gasteiger partial charge in [0.2, 0.25) is 0 Å². The first-order valence-electron chi connectivity index (χ1n) is 3.11. The summed E-state index contributed by atoms with van der Waals surface area (Å²) in [5.74, 6) is 0. The Kier molecular flexibility index (Phi) is 10.9. The highest BCUT2D eigenvalue weighted by Crippen LogP contribution is 1.69. The molecule has 0 aliphatic heterocycles. The van der Waals surface area contributed by atoms with Crippen molar-refractivity contribution in [1.29, 1.82) is 0 Å². The van der Waals surface area contributed by atoms with E-state index in [1.165, 1.54) is 0 Å². The molecule has 2 nitrogen and oxygen atoms in total. The van der Waals surface area contributed by atoms with Crippen LogP contribution in [-0.2, 0) is 0 Å². The summed E-state index contributed by atoms with van der Waals surface area (Å²) < 4.78 is 0. The zero-order valence-electron chi connectivity index (χ0n) is 6.39. The Morgan fingerprint density at radius 3 is 1.10 bits per heavy atom. The zero-order chi connectivity index (χ0) is 8.57. The molecular formula is C6H14N2S2. The maximum absolute atomic E-state index is 5.02. The van der Waals surface area contributed by atoms with Gasteiger partial charge in [-0.25, -0.2) is 0 Å². The van der Waals surface area contributed by atoms with Crippen molar-refractivity contribution < 1.29 is 0 Å². The molecule has 0 radical (unpaired) electrons. The van der Waals surface area contributed by atoms with Crippen molar-refractivity contribution >= 4 is 34.4 Å². The van der Waals surface area contributed by atoms with Gasteiger partial charge in [-0.1, -0.05) is 38.3 Å². The summed E-state index contributed by atoms with van der Waals surface area (Å²) in [6.07, 6.45) is 1.63. The van der Waals surface area contributed by atoms with Crippen molar-refractivity contribution in [1.82, 2.24) is 0 Å². The average Bonchev–Trinajstić information content (AvgIpc) is 1.89. The Balaban J connectivity index is 0. The average molecular weight is 178 g/mol. The van der Waals surface area contributed by atoms with Crippen LogP contribution in [0.15, 0.2) is 0 Å². The Hall–Kier alpha value is -0.220. The van der Waals surface area contributed by atoms with Crippen LogP contribution < -0.4 is 11.5 Å². The van der Waals surface area contributed by atoms with E-state index in [-0.39, 0.29) is 0 Å². The lowest BCUT2D eigenvalue weighted by atomic mass is 10.5. The second-order valence-corrected chi connectivity index (χ2v) is 2.69. The molecular weight excluding hydrogens is 164 g/mol. The second kappa shape index (κ2) is 8.78. The van der Waals surface area contributed by atoms with Crippen LogP contribution >= 0.6 is 24.4 Å². The molecule has 0 rings (SSSR count). The normalized spacial score (nSPS) is 7.40. The highest BCUT2D eigenvalue weighted by atomic mass is 32.1. The van der Waals surface area contributed by atoms with E-state index in [0.29, 0.717) is 9.98 Å². The molecule has 0 aromatic carbocycles. The van der Waals surface area contributed by atoms with Crippen molar-refractivity contribution in [2.75, 3.05) is 0 Å². The lowest BCUT2D eigenvalue weighted by Crippen LogP contribution is -2.03. The smallest absolute Gasteiger partial charge is 0.0724 e. The predicted octanol–water partition coefficient (Wildman–Crippen LogP) is 1.37. The van der Waals surface area contributed by atoms with Crippen molar-refractivity contribution in [2.45, 2.75) is 26.7 Å². The van der Waals surface area contributed by atoms with E-state index in [2.05, 4.69) is 24.4 Å². The van der Waals surface area contributed by atoms with E-state index in [1.54, 1.807) is 0 Å². The maximum atomic E-state index is 5.02. The third-order valence-electron chi connectivity index (χ3n) is 0.697. The van der Waals surface area contributed by atoms with Crippen molar-refractivity contribution in [3.63, 3.8) is 0 Å². The summed E-state index contributed by atoms with van der Waals surface area (Å²) in [5, 5.41) is 0. The molecule has 0 aromatic rings. The predicted molar refractivity (Wildman–Crippen MR) is 54.2 cm³/mol. The van der Waals surface area contributed by atoms with Crippen LogP contribution in [0.1, 0.15) is 26.7 Å². The van der Waals surface area contributed by atoms with Gasteiger partial charge < -0.3 is 11.5 Å². The molecule has 0 saturated heterocycles. The van der Waals surface area contributed by atoms with Crippen LogP contribution in [0, 0.1) is 0 Å². The maximum Gasteiger partial charge on any atom is 0.0724 e. The van der Waals surface area contributed by atoms with Gasteiger partial charge in [-0.3, -0.25) is 0 Å². The van der Waals surface area contributed by atoms with Gasteiger partial charge in [0.25, 0.3) is 0 Å². The number of hydrogen-bond donors (Lipinski definition) is 2. The van der Waals surface area contributed by atoms with E-state index >= 15 is 0 Å². The largest absolute Gasteiger partial charge is 0.393 e. The van der Waals surface area contributed by atoms with Crippen LogP contribution in [0.3, 0.4) is 0 Å². The van der Waals surface area contributed by atoms with E-state index in [0.717, 1.165) is 12.8 Å². The van der Waals surface area contributed by atoms with Crippen LogP contribution in [0.5, 0.6) is 0 Å². The highest BCUT2D eigenvalue weighted by Gasteiger charge is 1.71. The van der Waals surface area contributed by atoms with Gasteiger partial charge >= 0.3 is 0 Å². The molecule has 0 amide bonds. The number of nitrogens with two attached hydrogens (primary N) is 2. The molecule has 0 aliphatic carbocycles. The molecule has 0 aliphatic rings. The monoisotopic (exact) mass is 178 g/mol. The van der Waals surface area contributed by atoms with Crippen LogP contribution in [0.25, 0.3) is 0 Å². The standard InChI is InChI=1S/2C3H7NS/c2*1-2-3(4)5/h2*2H2,1H3,(H2,4,5). The van der Waals surface area contributed by atoms with E-state index in [1.807, 2.05) is 13.8 Å². The van der Waals surface area contributed by atoms with E-state index in [4.69, 9.17) is 11.5 Å². The number of rotatable bonds is 2. The SMILES string of the molecule is CCC(N)=S.CCC(N)=S. The van der Waals surface area contributed by atoms with Crippen LogP contribution in [-0.4, -0.2) is 9.98 Å². The number of thiocarbonyl (C=S) groups is 2. The minimum atomic E-state index is 0.588. The lowest BCUT2D eigenvalue weighted by molar-refractivity contribution is 1.29. The fourth-order valence-electron chi connectivity index (χ4n) is 0. The first-order valence-corrected chi connectivity index (χ1v) is 3.92. The van der Waals surface area contributed by atoms with Gasteiger partial charge in [0.1, 0.15) is 0 Å². The Labute approximate surface area is 73.0 Å². The molecule has 0 fully saturated rings. The molecule has 0 spiro atoms. The summed E-state index contributed by atoms with van der Waals surface area (Å²) in [7, 11) is 0. The summed E-state index contributed by atoms with van der Waals surface area (Å²) in [6.45, 7) is 3.87. The molecule has 10 heavy (non-hydrogen) atoms. The number of hydrogen-bond acceptors (Lipinski definition) is 2. The first kappa shape index (κ1) is 12.5. The zero-order valence-corrected chi connectivity index (χ0v) is 8.02. The fourth-order valence-corrected chi connectivity index (χ4v) is 0. The quantitative estimate of drug-likeness (QED) is 0.627. The van der Waals surface area contributed by atoms with Gasteiger partial charge in [-0.15, -0.1) is 0 Å². The Morgan fingerprint density at radius 2 is 1.10 bits per heavy atom. The van der Waals surface area contributed by atoms with E-state index in [9.17, 15) is 0 Å². The Bertz CT molecular complexity index is 98.3. The molecule has 0 unspecified atom stereocenters. The molecule has 0 heterocycles. The molecule has 0 bridgehead atoms. The minimum Gasteiger partial charge on any atom is -0.393 e. The molecule has 4 heteroatoms. The third-order valence-corrected chi connectivity index (χ3v) is 1.27. The fraction of sp³-hybridized carbons (Fsp3) is 0.667. The van der Waals surface area contributed by atoms with Gasteiger partial charge in [-0.05, 0) is 12.8 Å². The molecule has 0 aromatic heterocycles. The van der Waals surface area contributed by atoms with Crippen LogP contribution in [0.2, 0.25) is 0 Å². The second-order valence-electron chi connectivity index (χ2n) is 1.64. The van der Waals surface area contributed by atoms with Crippen molar-refractivity contribution in [3.05, 3.63) is 0 Å². The van der Waals surface area contributed by atoms with Gasteiger partial charge in [-0.2, -0.15) is 0 Å². The third kappa shape index (κ3) is 25.0. The first-order chi connectivity index (χ1) is 4.54. The molecule has 60 valence electrons. The Morgan fingerprint density at radius 1 is 1.00 bits per heavy atom. The van der Waals surface area contributed by atoms with E-state index < -0.39 is 0 Å². The van der Waals surface area contributed by atoms with Crippen molar-refractivity contribution in [3.8, 4) is 0 Å². The molecule has 0 saturated carbocycles. The summed E-state index contributed by atoms with van der Waals surface area (Å²) in [6, 6.07) is 0. The van der Waals surface area contributed by atoms with Gasteiger partial charge in [0.15, 0.2) is 0 Å². The summed E-state index contributed by atoms with van der Waals surface area (Å²) >= 11 is 8.95. The summed E-state index contributed by atoms with van der Waals surface area (Å²) in [4.78, 5) is 1.18. The minimum absolute atomic E-state index is 0.588. The van der Waals surface area contributed by atoms with Gasteiger partial charge in [0, 0.05) is 0 Å². The van der Waals surface area contributed by atoms with Gasteiger partial charge in [0.05, 0.1) is 9.98 Å². The summed E-state index contributed by atoms with van der Waals surface area (Å²) in [5.41, 5.74) is 10.0.